The van der Waals surface area contributed by atoms with Crippen molar-refractivity contribution in [1.82, 2.24) is 14.9 Å². The van der Waals surface area contributed by atoms with E-state index in [1.165, 1.54) is 12.8 Å². The van der Waals surface area contributed by atoms with Gasteiger partial charge in [0.25, 0.3) is 5.91 Å². The van der Waals surface area contributed by atoms with Crippen molar-refractivity contribution in [3.63, 3.8) is 0 Å². The van der Waals surface area contributed by atoms with Crippen molar-refractivity contribution in [3.8, 4) is 0 Å². The Morgan fingerprint density at radius 1 is 1.00 bits per heavy atom. The first-order valence-electron chi connectivity index (χ1n) is 9.26. The standard InChI is InChI=1S/C21H23N3OS/c25-20(24-13-7-1-2-8-14-24)17-10-4-3-9-16(17)15-26-21-22-18-11-5-6-12-19(18)23-21/h3-6,9-12H,1-2,7-8,13-15H2,(H,22,23). The van der Waals surface area contributed by atoms with Gasteiger partial charge < -0.3 is 9.88 Å². The number of rotatable bonds is 4. The number of nitrogens with zero attached hydrogens (tertiary/aromatic N) is 2. The Morgan fingerprint density at radius 2 is 1.73 bits per heavy atom. The van der Waals surface area contributed by atoms with Crippen molar-refractivity contribution < 1.29 is 4.79 Å². The summed E-state index contributed by atoms with van der Waals surface area (Å²) in [5, 5.41) is 0.892. The van der Waals surface area contributed by atoms with Gasteiger partial charge in [-0.15, -0.1) is 0 Å². The SMILES string of the molecule is O=C(c1ccccc1CSc1nc2ccccc2[nH]1)N1CCCCCC1. The quantitative estimate of drug-likeness (QED) is 0.671. The Balaban J connectivity index is 1.50. The van der Waals surface area contributed by atoms with Gasteiger partial charge in [0.2, 0.25) is 0 Å². The van der Waals surface area contributed by atoms with E-state index in [9.17, 15) is 4.79 Å². The highest BCUT2D eigenvalue weighted by Crippen LogP contribution is 2.25. The first-order chi connectivity index (χ1) is 12.8. The first-order valence-corrected chi connectivity index (χ1v) is 10.2. The van der Waals surface area contributed by atoms with Gasteiger partial charge in [-0.2, -0.15) is 0 Å². The molecule has 0 saturated carbocycles. The zero-order chi connectivity index (χ0) is 17.8. The highest BCUT2D eigenvalue weighted by atomic mass is 32.2. The van der Waals surface area contributed by atoms with Crippen molar-refractivity contribution in [2.75, 3.05) is 13.1 Å². The van der Waals surface area contributed by atoms with Gasteiger partial charge in [-0.3, -0.25) is 4.79 Å². The Labute approximate surface area is 158 Å². The second-order valence-corrected chi connectivity index (χ2v) is 7.68. The molecule has 26 heavy (non-hydrogen) atoms. The van der Waals surface area contributed by atoms with Crippen LogP contribution in [0.2, 0.25) is 0 Å². The van der Waals surface area contributed by atoms with E-state index in [1.807, 2.05) is 47.4 Å². The Kier molecular flexibility index (Phi) is 5.25. The summed E-state index contributed by atoms with van der Waals surface area (Å²) in [5.74, 6) is 0.906. The monoisotopic (exact) mass is 365 g/mol. The van der Waals surface area contributed by atoms with E-state index >= 15 is 0 Å². The number of hydrogen-bond acceptors (Lipinski definition) is 3. The van der Waals surface area contributed by atoms with Gasteiger partial charge >= 0.3 is 0 Å². The number of fused-ring (bicyclic) bond motifs is 1. The molecule has 1 aliphatic heterocycles. The Hall–Kier alpha value is -2.27. The van der Waals surface area contributed by atoms with E-state index in [2.05, 4.69) is 16.0 Å². The maximum Gasteiger partial charge on any atom is 0.254 e. The van der Waals surface area contributed by atoms with Crippen LogP contribution in [0.4, 0.5) is 0 Å². The molecule has 0 aliphatic carbocycles. The molecule has 1 aromatic heterocycles. The van der Waals surface area contributed by atoms with Gasteiger partial charge in [-0.05, 0) is 36.6 Å². The molecule has 1 N–H and O–H groups in total. The molecule has 2 heterocycles. The van der Waals surface area contributed by atoms with E-state index in [0.717, 1.165) is 59.0 Å². The summed E-state index contributed by atoms with van der Waals surface area (Å²) in [7, 11) is 0. The predicted octanol–water partition coefficient (Wildman–Crippen LogP) is 4.87. The number of carbonyl (C=O) groups excluding carboxylic acids is 1. The maximum absolute atomic E-state index is 13.0. The van der Waals surface area contributed by atoms with Crippen LogP contribution < -0.4 is 0 Å². The summed E-state index contributed by atoms with van der Waals surface area (Å²) in [6.45, 7) is 1.76. The molecule has 0 atom stereocenters. The zero-order valence-electron chi connectivity index (χ0n) is 14.8. The molecule has 1 aliphatic rings. The molecule has 1 fully saturated rings. The highest BCUT2D eigenvalue weighted by Gasteiger charge is 2.19. The topological polar surface area (TPSA) is 49.0 Å². The number of aromatic amines is 1. The molecule has 5 heteroatoms. The lowest BCUT2D eigenvalue weighted by Gasteiger charge is -2.21. The minimum atomic E-state index is 0.174. The van der Waals surface area contributed by atoms with Crippen LogP contribution in [0, 0.1) is 0 Å². The first kappa shape index (κ1) is 17.2. The van der Waals surface area contributed by atoms with Gasteiger partial charge in [0.1, 0.15) is 0 Å². The van der Waals surface area contributed by atoms with Crippen molar-refractivity contribution in [2.45, 2.75) is 36.6 Å². The van der Waals surface area contributed by atoms with Crippen LogP contribution in [0.5, 0.6) is 0 Å². The summed E-state index contributed by atoms with van der Waals surface area (Å²) < 4.78 is 0. The lowest BCUT2D eigenvalue weighted by atomic mass is 10.1. The number of amides is 1. The number of nitrogens with one attached hydrogen (secondary N) is 1. The van der Waals surface area contributed by atoms with Crippen LogP contribution in [-0.4, -0.2) is 33.9 Å². The molecule has 0 bridgehead atoms. The van der Waals surface area contributed by atoms with Crippen LogP contribution in [0.1, 0.15) is 41.6 Å². The number of para-hydroxylation sites is 2. The van der Waals surface area contributed by atoms with E-state index in [-0.39, 0.29) is 5.91 Å². The molecule has 0 unspecified atom stereocenters. The molecule has 3 aromatic rings. The fraction of sp³-hybridized carbons (Fsp3) is 0.333. The summed E-state index contributed by atoms with van der Waals surface area (Å²) >= 11 is 1.64. The van der Waals surface area contributed by atoms with Crippen LogP contribution >= 0.6 is 11.8 Å². The summed E-state index contributed by atoms with van der Waals surface area (Å²) in [6.07, 6.45) is 4.68. The van der Waals surface area contributed by atoms with Gasteiger partial charge in [-0.1, -0.05) is 54.9 Å². The minimum absolute atomic E-state index is 0.174. The van der Waals surface area contributed by atoms with Crippen molar-refractivity contribution in [1.29, 1.82) is 0 Å². The minimum Gasteiger partial charge on any atom is -0.339 e. The second kappa shape index (κ2) is 7.96. The number of imidazole rings is 1. The molecular weight excluding hydrogens is 342 g/mol. The largest absolute Gasteiger partial charge is 0.339 e. The smallest absolute Gasteiger partial charge is 0.254 e. The molecule has 4 nitrogen and oxygen atoms in total. The molecule has 0 radical (unpaired) electrons. The highest BCUT2D eigenvalue weighted by molar-refractivity contribution is 7.98. The second-order valence-electron chi connectivity index (χ2n) is 6.71. The summed E-state index contributed by atoms with van der Waals surface area (Å²) in [6, 6.07) is 16.0. The summed E-state index contributed by atoms with van der Waals surface area (Å²) in [5.41, 5.74) is 3.93. The fourth-order valence-corrected chi connectivity index (χ4v) is 4.33. The van der Waals surface area contributed by atoms with Crippen molar-refractivity contribution >= 4 is 28.7 Å². The normalized spacial score (nSPS) is 15.2. The van der Waals surface area contributed by atoms with Gasteiger partial charge in [0, 0.05) is 24.4 Å². The molecule has 2 aromatic carbocycles. The third kappa shape index (κ3) is 3.78. The van der Waals surface area contributed by atoms with Gasteiger partial charge in [-0.25, -0.2) is 4.98 Å². The third-order valence-electron chi connectivity index (χ3n) is 4.87. The predicted molar refractivity (Wildman–Crippen MR) is 106 cm³/mol. The number of hydrogen-bond donors (Lipinski definition) is 1. The van der Waals surface area contributed by atoms with Crippen LogP contribution in [0.3, 0.4) is 0 Å². The molecule has 1 saturated heterocycles. The third-order valence-corrected chi connectivity index (χ3v) is 5.80. The average Bonchev–Trinajstić information content (AvgIpc) is 2.90. The molecular formula is C21H23N3OS. The van der Waals surface area contributed by atoms with Crippen LogP contribution in [0.25, 0.3) is 11.0 Å². The van der Waals surface area contributed by atoms with Crippen molar-refractivity contribution in [3.05, 3.63) is 59.7 Å². The van der Waals surface area contributed by atoms with Crippen LogP contribution in [-0.2, 0) is 5.75 Å². The average molecular weight is 366 g/mol. The number of H-pyrrole nitrogens is 1. The van der Waals surface area contributed by atoms with E-state index < -0.39 is 0 Å². The Morgan fingerprint density at radius 3 is 2.54 bits per heavy atom. The summed E-state index contributed by atoms with van der Waals surface area (Å²) in [4.78, 5) is 23.0. The number of carbonyl (C=O) groups is 1. The van der Waals surface area contributed by atoms with Crippen LogP contribution in [0.15, 0.2) is 53.7 Å². The number of aromatic nitrogens is 2. The molecule has 0 spiro atoms. The van der Waals surface area contributed by atoms with E-state index in [0.29, 0.717) is 0 Å². The Bertz CT molecular complexity index is 864. The van der Waals surface area contributed by atoms with Gasteiger partial charge in [0.05, 0.1) is 11.0 Å². The number of thioether (sulfide) groups is 1. The van der Waals surface area contributed by atoms with E-state index in [4.69, 9.17) is 0 Å². The lowest BCUT2D eigenvalue weighted by molar-refractivity contribution is 0.0761. The van der Waals surface area contributed by atoms with Gasteiger partial charge in [0.15, 0.2) is 5.16 Å². The van der Waals surface area contributed by atoms with E-state index in [1.54, 1.807) is 11.8 Å². The lowest BCUT2D eigenvalue weighted by Crippen LogP contribution is -2.32. The zero-order valence-corrected chi connectivity index (χ0v) is 15.6. The fourth-order valence-electron chi connectivity index (χ4n) is 3.44. The number of likely N-dealkylation sites (tertiary alicyclic amines) is 1. The number of benzene rings is 2. The molecule has 134 valence electrons. The van der Waals surface area contributed by atoms with Crippen molar-refractivity contribution in [2.24, 2.45) is 0 Å². The molecule has 1 amide bonds. The molecule has 4 rings (SSSR count). The maximum atomic E-state index is 13.0.